The Kier molecular flexibility index (Phi) is 21.6. The third-order valence-corrected chi connectivity index (χ3v) is 5.18. The lowest BCUT2D eigenvalue weighted by molar-refractivity contribution is 0.0479. The average Bonchev–Trinajstić information content (AvgIpc) is 2.77. The summed E-state index contributed by atoms with van der Waals surface area (Å²) in [4.78, 5) is 2.32. The van der Waals surface area contributed by atoms with Gasteiger partial charge in [-0.1, -0.05) is 76.6 Å². The Morgan fingerprint density at radius 2 is 1.61 bits per heavy atom. The van der Waals surface area contributed by atoms with Gasteiger partial charge in [-0.05, 0) is 85.4 Å². The molecule has 1 aliphatic heterocycles. The first kappa shape index (κ1) is 35.2. The molecule has 0 spiro atoms. The van der Waals surface area contributed by atoms with E-state index in [9.17, 15) is 0 Å². The fourth-order valence-corrected chi connectivity index (χ4v) is 2.78. The van der Waals surface area contributed by atoms with E-state index in [0.29, 0.717) is 0 Å². The Hall–Kier alpha value is -2.40. The van der Waals surface area contributed by atoms with Crippen LogP contribution in [0.5, 0.6) is 0 Å². The second-order valence-electron chi connectivity index (χ2n) is 8.38. The van der Waals surface area contributed by atoms with Crippen molar-refractivity contribution in [1.29, 1.82) is 0 Å². The second-order valence-corrected chi connectivity index (χ2v) is 8.38. The molecule has 2 heteroatoms. The average molecular weight is 455 g/mol. The van der Waals surface area contributed by atoms with Crippen LogP contribution < -0.4 is 5.32 Å². The Labute approximate surface area is 208 Å². The van der Waals surface area contributed by atoms with Crippen molar-refractivity contribution >= 4 is 0 Å². The first-order valence-corrected chi connectivity index (χ1v) is 12.5. The summed E-state index contributed by atoms with van der Waals surface area (Å²) in [5, 5.41) is 3.36. The second kappa shape index (κ2) is 20.2. The normalized spacial score (nSPS) is 13.5. The van der Waals surface area contributed by atoms with E-state index in [-0.39, 0.29) is 5.54 Å². The van der Waals surface area contributed by atoms with E-state index in [1.165, 1.54) is 28.7 Å². The summed E-state index contributed by atoms with van der Waals surface area (Å²) in [6, 6.07) is 6.50. The molecule has 0 amide bonds. The molecule has 0 atom stereocenters. The maximum absolute atomic E-state index is 4.60. The van der Waals surface area contributed by atoms with Gasteiger partial charge in [0.05, 0.1) is 5.82 Å². The van der Waals surface area contributed by atoms with Crippen molar-refractivity contribution in [2.75, 3.05) is 6.54 Å². The number of likely N-dealkylation sites (tertiary alicyclic amines) is 1. The summed E-state index contributed by atoms with van der Waals surface area (Å²) in [6.07, 6.45) is 11.2. The summed E-state index contributed by atoms with van der Waals surface area (Å²) >= 11 is 0. The zero-order chi connectivity index (χ0) is 26.6. The maximum Gasteiger partial charge on any atom is 0.0985 e. The van der Waals surface area contributed by atoms with Crippen LogP contribution in [0.3, 0.4) is 0 Å². The first-order valence-electron chi connectivity index (χ1n) is 12.5. The minimum Gasteiger partial charge on any atom is -0.353 e. The molecule has 1 aromatic rings. The van der Waals surface area contributed by atoms with Crippen molar-refractivity contribution in [3.8, 4) is 12.3 Å². The van der Waals surface area contributed by atoms with Gasteiger partial charge in [-0.15, -0.1) is 12.3 Å². The Bertz CT molecular complexity index is 758. The summed E-state index contributed by atoms with van der Waals surface area (Å²) < 4.78 is 0. The molecule has 1 fully saturated rings. The molecule has 2 nitrogen and oxygen atoms in total. The van der Waals surface area contributed by atoms with Crippen LogP contribution in [-0.4, -0.2) is 17.0 Å². The van der Waals surface area contributed by atoms with Crippen LogP contribution in [0.2, 0.25) is 0 Å². The molecule has 0 saturated carbocycles. The highest BCUT2D eigenvalue weighted by atomic mass is 15.3. The standard InChI is InChI=1S/C15H26N2.C9H12.C3H4.2C2H6/c1-7-12(2)8-9-13(3)16-14(4)17-11-10-15(17,5)6;1-7-4-5-8(2)9(3)6-7;1-3-2;2*1-2/h8-9,16H,4,7,10-11H2,1-3,5-6H3;4-6H,1-3H3;1H,2H3;2*1-2H3/b12-8-,13-9+;;;;. The van der Waals surface area contributed by atoms with Gasteiger partial charge in [0, 0.05) is 17.8 Å². The number of allylic oxidation sites excluding steroid dienone is 4. The summed E-state index contributed by atoms with van der Waals surface area (Å²) in [7, 11) is 0. The van der Waals surface area contributed by atoms with Gasteiger partial charge < -0.3 is 10.2 Å². The number of hydrogen-bond donors (Lipinski definition) is 1. The number of nitrogens with zero attached hydrogens (tertiary/aromatic N) is 1. The van der Waals surface area contributed by atoms with Crippen LogP contribution in [0.25, 0.3) is 0 Å². The Morgan fingerprint density at radius 1 is 1.09 bits per heavy atom. The van der Waals surface area contributed by atoms with E-state index in [2.05, 4.69) is 115 Å². The molecule has 1 heterocycles. The van der Waals surface area contributed by atoms with Crippen LogP contribution in [-0.2, 0) is 0 Å². The predicted molar refractivity (Wildman–Crippen MR) is 153 cm³/mol. The molecule has 1 N–H and O–H groups in total. The lowest BCUT2D eigenvalue weighted by Gasteiger charge is -2.51. The Morgan fingerprint density at radius 3 is 1.94 bits per heavy atom. The minimum absolute atomic E-state index is 0.263. The van der Waals surface area contributed by atoms with E-state index >= 15 is 0 Å². The number of terminal acetylenes is 1. The SMILES string of the molecule is C#CC.C=C(N/C(C)=C/C=C(/C)CC)N1CCC1(C)C.CC.CC.Cc1ccc(C)c(C)c1. The van der Waals surface area contributed by atoms with Crippen molar-refractivity contribution in [3.05, 3.63) is 70.7 Å². The molecule has 1 aliphatic rings. The quantitative estimate of drug-likeness (QED) is 0.352. The van der Waals surface area contributed by atoms with Gasteiger partial charge in [0.25, 0.3) is 0 Å². The molecule has 0 bridgehead atoms. The molecule has 2 rings (SSSR count). The topological polar surface area (TPSA) is 15.3 Å². The van der Waals surface area contributed by atoms with Crippen molar-refractivity contribution in [2.45, 2.75) is 108 Å². The minimum atomic E-state index is 0.263. The number of hydrogen-bond acceptors (Lipinski definition) is 2. The molecular weight excluding hydrogens is 400 g/mol. The molecule has 0 aromatic heterocycles. The molecule has 0 unspecified atom stereocenters. The van der Waals surface area contributed by atoms with E-state index < -0.39 is 0 Å². The smallest absolute Gasteiger partial charge is 0.0985 e. The van der Waals surface area contributed by atoms with E-state index in [1.807, 2.05) is 27.7 Å². The summed E-state index contributed by atoms with van der Waals surface area (Å²) in [5.41, 5.74) is 6.90. The number of aryl methyl sites for hydroxylation is 3. The zero-order valence-electron chi connectivity index (χ0n) is 24.2. The number of nitrogens with one attached hydrogen (secondary N) is 1. The van der Waals surface area contributed by atoms with Gasteiger partial charge in [-0.2, -0.15) is 0 Å². The molecule has 0 radical (unpaired) electrons. The van der Waals surface area contributed by atoms with Gasteiger partial charge in [0.1, 0.15) is 0 Å². The molecular formula is C31H54N2. The largest absolute Gasteiger partial charge is 0.353 e. The zero-order valence-corrected chi connectivity index (χ0v) is 24.2. The Balaban J connectivity index is -0.000000471. The predicted octanol–water partition coefficient (Wildman–Crippen LogP) is 9.10. The van der Waals surface area contributed by atoms with E-state index in [4.69, 9.17) is 0 Å². The third kappa shape index (κ3) is 15.9. The lowest BCUT2D eigenvalue weighted by Crippen LogP contribution is -2.56. The molecule has 1 saturated heterocycles. The van der Waals surface area contributed by atoms with Crippen molar-refractivity contribution in [1.82, 2.24) is 10.2 Å². The van der Waals surface area contributed by atoms with Gasteiger partial charge in [-0.25, -0.2) is 0 Å². The highest BCUT2D eigenvalue weighted by Crippen LogP contribution is 2.31. The van der Waals surface area contributed by atoms with Crippen LogP contribution in [0.4, 0.5) is 0 Å². The maximum atomic E-state index is 4.60. The molecule has 0 aliphatic carbocycles. The third-order valence-electron chi connectivity index (χ3n) is 5.18. The molecule has 33 heavy (non-hydrogen) atoms. The summed E-state index contributed by atoms with van der Waals surface area (Å²) in [6.45, 7) is 32.2. The van der Waals surface area contributed by atoms with Crippen LogP contribution in [0, 0.1) is 33.1 Å². The lowest BCUT2D eigenvalue weighted by atomic mass is 9.89. The van der Waals surface area contributed by atoms with E-state index in [1.54, 1.807) is 6.92 Å². The fourth-order valence-electron chi connectivity index (χ4n) is 2.78. The van der Waals surface area contributed by atoms with Crippen LogP contribution >= 0.6 is 0 Å². The number of rotatable bonds is 5. The van der Waals surface area contributed by atoms with Gasteiger partial charge in [0.15, 0.2) is 0 Å². The van der Waals surface area contributed by atoms with Crippen LogP contribution in [0.15, 0.2) is 54.0 Å². The molecule has 1 aromatic carbocycles. The van der Waals surface area contributed by atoms with Gasteiger partial charge in [0.2, 0.25) is 0 Å². The highest BCUT2D eigenvalue weighted by molar-refractivity contribution is 5.28. The summed E-state index contributed by atoms with van der Waals surface area (Å²) in [5.74, 6) is 3.26. The first-order chi connectivity index (χ1) is 15.5. The number of benzene rings is 1. The van der Waals surface area contributed by atoms with Crippen molar-refractivity contribution in [3.63, 3.8) is 0 Å². The van der Waals surface area contributed by atoms with Crippen molar-refractivity contribution in [2.24, 2.45) is 0 Å². The monoisotopic (exact) mass is 454 g/mol. The highest BCUT2D eigenvalue weighted by Gasteiger charge is 2.36. The van der Waals surface area contributed by atoms with Gasteiger partial charge >= 0.3 is 0 Å². The van der Waals surface area contributed by atoms with Crippen LogP contribution in [0.1, 0.15) is 98.8 Å². The van der Waals surface area contributed by atoms with E-state index in [0.717, 1.165) is 24.5 Å². The van der Waals surface area contributed by atoms with Crippen molar-refractivity contribution < 1.29 is 0 Å². The molecule has 188 valence electrons. The fraction of sp³-hybridized carbons (Fsp3) is 0.548. The van der Waals surface area contributed by atoms with Gasteiger partial charge in [-0.3, -0.25) is 0 Å².